The van der Waals surface area contributed by atoms with Gasteiger partial charge in [0.15, 0.2) is 0 Å². The van der Waals surface area contributed by atoms with E-state index < -0.39 is 0 Å². The van der Waals surface area contributed by atoms with Gasteiger partial charge < -0.3 is 9.63 Å². The first kappa shape index (κ1) is 10.6. The second-order valence-corrected chi connectivity index (χ2v) is 4.94. The molecule has 1 aliphatic rings. The van der Waals surface area contributed by atoms with Crippen molar-refractivity contribution in [3.63, 3.8) is 0 Å². The van der Waals surface area contributed by atoms with Gasteiger partial charge in [-0.2, -0.15) is 0 Å². The molecule has 1 heterocycles. The Morgan fingerprint density at radius 3 is 2.65 bits per heavy atom. The number of hydrogen-bond donors (Lipinski definition) is 1. The maximum atomic E-state index is 9.41. The van der Waals surface area contributed by atoms with E-state index in [2.05, 4.69) is 5.16 Å². The van der Waals surface area contributed by atoms with Crippen molar-refractivity contribution in [1.29, 1.82) is 0 Å². The largest absolute Gasteiger partial charge is 0.508 e. The van der Waals surface area contributed by atoms with E-state index in [1.807, 2.05) is 6.07 Å². The van der Waals surface area contributed by atoms with Gasteiger partial charge in [-0.3, -0.25) is 0 Å². The third-order valence-electron chi connectivity index (χ3n) is 3.72. The molecule has 2 aromatic rings. The number of hydrogen-bond acceptors (Lipinski definition) is 3. The fourth-order valence-corrected chi connectivity index (χ4v) is 2.79. The lowest BCUT2D eigenvalue weighted by atomic mass is 9.95. The van der Waals surface area contributed by atoms with E-state index >= 15 is 0 Å². The van der Waals surface area contributed by atoms with Crippen molar-refractivity contribution in [1.82, 2.24) is 5.16 Å². The number of rotatable bonds is 1. The smallest absolute Gasteiger partial charge is 0.147 e. The number of benzene rings is 1. The molecule has 1 aromatic carbocycles. The summed E-state index contributed by atoms with van der Waals surface area (Å²) in [6.45, 7) is 0. The molecule has 1 fully saturated rings. The standard InChI is InChI=1S/C14H17NO2/c16-11-7-8-12-13(9-11)15-17-14(12)10-5-3-1-2-4-6-10/h7-10,16H,1-6H2. The molecule has 3 heteroatoms. The first-order valence-corrected chi connectivity index (χ1v) is 6.43. The summed E-state index contributed by atoms with van der Waals surface area (Å²) in [6.07, 6.45) is 7.64. The van der Waals surface area contributed by atoms with Gasteiger partial charge in [-0.15, -0.1) is 0 Å². The fraction of sp³-hybridized carbons (Fsp3) is 0.500. The average Bonchev–Trinajstić information content (AvgIpc) is 2.57. The fourth-order valence-electron chi connectivity index (χ4n) is 2.79. The minimum atomic E-state index is 0.248. The van der Waals surface area contributed by atoms with Crippen LogP contribution >= 0.6 is 0 Å². The molecule has 0 saturated heterocycles. The molecule has 0 amide bonds. The number of nitrogens with zero attached hydrogens (tertiary/aromatic N) is 1. The number of phenolic OH excluding ortho intramolecular Hbond substituents is 1. The number of aromatic hydroxyl groups is 1. The molecule has 1 aromatic heterocycles. The molecular weight excluding hydrogens is 214 g/mol. The van der Waals surface area contributed by atoms with Crippen LogP contribution < -0.4 is 0 Å². The van der Waals surface area contributed by atoms with Crippen LogP contribution in [0.2, 0.25) is 0 Å². The predicted molar refractivity (Wildman–Crippen MR) is 66.1 cm³/mol. The Labute approximate surface area is 100 Å². The molecule has 0 bridgehead atoms. The zero-order valence-electron chi connectivity index (χ0n) is 9.85. The van der Waals surface area contributed by atoms with Gasteiger partial charge in [0.2, 0.25) is 0 Å². The van der Waals surface area contributed by atoms with E-state index in [1.54, 1.807) is 12.1 Å². The summed E-state index contributed by atoms with van der Waals surface area (Å²) in [5.74, 6) is 1.77. The van der Waals surface area contributed by atoms with Crippen LogP contribution in [0.3, 0.4) is 0 Å². The van der Waals surface area contributed by atoms with E-state index in [-0.39, 0.29) is 5.75 Å². The lowest BCUT2D eigenvalue weighted by Crippen LogP contribution is -1.95. The molecule has 3 nitrogen and oxygen atoms in total. The maximum Gasteiger partial charge on any atom is 0.147 e. The van der Waals surface area contributed by atoms with Gasteiger partial charge in [0.05, 0.1) is 0 Å². The van der Waals surface area contributed by atoms with Crippen LogP contribution in [-0.2, 0) is 0 Å². The van der Waals surface area contributed by atoms with Gasteiger partial charge in [0.1, 0.15) is 17.0 Å². The normalized spacial score (nSPS) is 18.4. The Hall–Kier alpha value is -1.51. The van der Waals surface area contributed by atoms with Crippen molar-refractivity contribution in [2.75, 3.05) is 0 Å². The highest BCUT2D eigenvalue weighted by atomic mass is 16.5. The quantitative estimate of drug-likeness (QED) is 0.755. The third kappa shape index (κ3) is 2.02. The third-order valence-corrected chi connectivity index (χ3v) is 3.72. The number of fused-ring (bicyclic) bond motifs is 1. The summed E-state index contributed by atoms with van der Waals surface area (Å²) < 4.78 is 5.50. The van der Waals surface area contributed by atoms with Crippen molar-refractivity contribution in [2.45, 2.75) is 44.4 Å². The second kappa shape index (κ2) is 4.40. The Morgan fingerprint density at radius 1 is 1.12 bits per heavy atom. The molecule has 90 valence electrons. The van der Waals surface area contributed by atoms with Crippen molar-refractivity contribution < 1.29 is 9.63 Å². The van der Waals surface area contributed by atoms with Crippen LogP contribution in [0.25, 0.3) is 10.9 Å². The van der Waals surface area contributed by atoms with Crippen molar-refractivity contribution in [2.24, 2.45) is 0 Å². The van der Waals surface area contributed by atoms with Gasteiger partial charge in [0.25, 0.3) is 0 Å². The van der Waals surface area contributed by atoms with Gasteiger partial charge in [-0.1, -0.05) is 30.8 Å². The van der Waals surface area contributed by atoms with Crippen molar-refractivity contribution >= 4 is 10.9 Å². The topological polar surface area (TPSA) is 46.3 Å². The monoisotopic (exact) mass is 231 g/mol. The first-order valence-electron chi connectivity index (χ1n) is 6.43. The molecule has 0 radical (unpaired) electrons. The summed E-state index contributed by atoms with van der Waals surface area (Å²) >= 11 is 0. The summed E-state index contributed by atoms with van der Waals surface area (Å²) in [6, 6.07) is 5.29. The molecule has 3 rings (SSSR count). The summed E-state index contributed by atoms with van der Waals surface area (Å²) in [5, 5.41) is 14.5. The molecule has 0 atom stereocenters. The highest BCUT2D eigenvalue weighted by Crippen LogP contribution is 2.36. The van der Waals surface area contributed by atoms with Crippen LogP contribution in [0.1, 0.15) is 50.2 Å². The molecule has 17 heavy (non-hydrogen) atoms. The van der Waals surface area contributed by atoms with E-state index in [0.29, 0.717) is 5.92 Å². The Morgan fingerprint density at radius 2 is 1.88 bits per heavy atom. The molecule has 1 N–H and O–H groups in total. The van der Waals surface area contributed by atoms with Crippen molar-refractivity contribution in [3.05, 3.63) is 24.0 Å². The van der Waals surface area contributed by atoms with E-state index in [1.165, 1.54) is 38.5 Å². The first-order chi connectivity index (χ1) is 8.34. The Bertz CT molecular complexity index is 510. The zero-order chi connectivity index (χ0) is 11.7. The predicted octanol–water partition coefficient (Wildman–Crippen LogP) is 3.97. The zero-order valence-corrected chi connectivity index (χ0v) is 9.85. The number of aromatic nitrogens is 1. The van der Waals surface area contributed by atoms with Crippen LogP contribution in [0, 0.1) is 0 Å². The maximum absolute atomic E-state index is 9.41. The van der Waals surface area contributed by atoms with Crippen LogP contribution in [0.5, 0.6) is 5.75 Å². The van der Waals surface area contributed by atoms with E-state index in [4.69, 9.17) is 4.52 Å². The second-order valence-electron chi connectivity index (χ2n) is 4.94. The van der Waals surface area contributed by atoms with Gasteiger partial charge in [-0.25, -0.2) is 0 Å². The highest BCUT2D eigenvalue weighted by Gasteiger charge is 2.21. The lowest BCUT2D eigenvalue weighted by Gasteiger charge is -2.09. The summed E-state index contributed by atoms with van der Waals surface area (Å²) in [7, 11) is 0. The van der Waals surface area contributed by atoms with Gasteiger partial charge in [0, 0.05) is 17.4 Å². The van der Waals surface area contributed by atoms with Crippen LogP contribution in [-0.4, -0.2) is 10.3 Å². The number of phenols is 1. The lowest BCUT2D eigenvalue weighted by molar-refractivity contribution is 0.354. The molecule has 0 spiro atoms. The SMILES string of the molecule is Oc1ccc2c(C3CCCCCC3)onc2c1. The van der Waals surface area contributed by atoms with Crippen LogP contribution in [0.15, 0.2) is 22.7 Å². The van der Waals surface area contributed by atoms with Crippen LogP contribution in [0.4, 0.5) is 0 Å². The summed E-state index contributed by atoms with van der Waals surface area (Å²) in [5.41, 5.74) is 0.768. The summed E-state index contributed by atoms with van der Waals surface area (Å²) in [4.78, 5) is 0. The molecule has 1 aliphatic carbocycles. The minimum Gasteiger partial charge on any atom is -0.508 e. The van der Waals surface area contributed by atoms with Gasteiger partial charge in [-0.05, 0) is 25.0 Å². The average molecular weight is 231 g/mol. The molecule has 0 aliphatic heterocycles. The Balaban J connectivity index is 1.98. The van der Waals surface area contributed by atoms with E-state index in [0.717, 1.165) is 16.7 Å². The minimum absolute atomic E-state index is 0.248. The van der Waals surface area contributed by atoms with E-state index in [9.17, 15) is 5.11 Å². The Kier molecular flexibility index (Phi) is 2.75. The molecule has 0 unspecified atom stereocenters. The highest BCUT2D eigenvalue weighted by molar-refractivity contribution is 5.82. The molecular formula is C14H17NO2. The molecule has 1 saturated carbocycles. The van der Waals surface area contributed by atoms with Crippen molar-refractivity contribution in [3.8, 4) is 5.75 Å². The van der Waals surface area contributed by atoms with Gasteiger partial charge >= 0.3 is 0 Å².